The Kier molecular flexibility index (Phi) is 3.82. The topological polar surface area (TPSA) is 51.0 Å². The van der Waals surface area contributed by atoms with Crippen molar-refractivity contribution < 1.29 is 4.79 Å². The van der Waals surface area contributed by atoms with E-state index in [0.717, 1.165) is 42.0 Å². The number of aryl methyl sites for hydroxylation is 1. The van der Waals surface area contributed by atoms with Gasteiger partial charge in [0.1, 0.15) is 5.52 Å². The lowest BCUT2D eigenvalue weighted by atomic mass is 9.63. The molecule has 24 heavy (non-hydrogen) atoms. The summed E-state index contributed by atoms with van der Waals surface area (Å²) < 4.78 is 1.73. The minimum absolute atomic E-state index is 0.162. The van der Waals surface area contributed by atoms with Gasteiger partial charge in [-0.3, -0.25) is 4.79 Å². The smallest absolute Gasteiger partial charge is 0.253 e. The molecule has 5 heteroatoms. The normalized spacial score (nSPS) is 23.8. The largest absolute Gasteiger partial charge is 0.338 e. The Morgan fingerprint density at radius 3 is 2.83 bits per heavy atom. The lowest BCUT2D eigenvalue weighted by Gasteiger charge is -2.49. The summed E-state index contributed by atoms with van der Waals surface area (Å²) >= 11 is 0. The standard InChI is InChI=1S/C19H26N4O/c1-14-8-11-23(13-19(14)9-4-3-5-10-19)18(24)15-6-7-16-17(12-15)22(2)21-20-16/h6-7,12,14H,3-5,8-11,13H2,1-2H3. The molecule has 5 nitrogen and oxygen atoms in total. The number of rotatable bonds is 1. The first-order chi connectivity index (χ1) is 11.6. The molecule has 1 amide bonds. The monoisotopic (exact) mass is 326 g/mol. The van der Waals surface area contributed by atoms with E-state index in [1.807, 2.05) is 25.2 Å². The van der Waals surface area contributed by atoms with E-state index in [4.69, 9.17) is 0 Å². The molecule has 1 saturated heterocycles. The zero-order chi connectivity index (χ0) is 16.7. The van der Waals surface area contributed by atoms with Crippen molar-refractivity contribution >= 4 is 16.9 Å². The van der Waals surface area contributed by atoms with Gasteiger partial charge in [0.05, 0.1) is 5.52 Å². The van der Waals surface area contributed by atoms with E-state index in [1.54, 1.807) is 4.68 Å². The SMILES string of the molecule is CC1CCN(C(=O)c2ccc3nnn(C)c3c2)CC12CCCCC2. The molecule has 1 spiro atoms. The molecule has 4 rings (SSSR count). The maximum absolute atomic E-state index is 13.1. The summed E-state index contributed by atoms with van der Waals surface area (Å²) in [5.41, 5.74) is 2.86. The molecular formula is C19H26N4O. The molecule has 128 valence electrons. The van der Waals surface area contributed by atoms with Crippen LogP contribution in [0, 0.1) is 11.3 Å². The van der Waals surface area contributed by atoms with E-state index < -0.39 is 0 Å². The van der Waals surface area contributed by atoms with Gasteiger partial charge in [-0.1, -0.05) is 31.4 Å². The number of carbonyl (C=O) groups excluding carboxylic acids is 1. The zero-order valence-electron chi connectivity index (χ0n) is 14.7. The third kappa shape index (κ3) is 2.50. The van der Waals surface area contributed by atoms with Gasteiger partial charge in [-0.15, -0.1) is 5.10 Å². The molecule has 2 aromatic rings. The highest BCUT2D eigenvalue weighted by molar-refractivity contribution is 5.97. The summed E-state index contributed by atoms with van der Waals surface area (Å²) in [7, 11) is 1.86. The lowest BCUT2D eigenvalue weighted by Crippen LogP contribution is -2.51. The number of nitrogens with zero attached hydrogens (tertiary/aromatic N) is 4. The molecule has 1 aromatic heterocycles. The van der Waals surface area contributed by atoms with Gasteiger partial charge in [0, 0.05) is 25.7 Å². The van der Waals surface area contributed by atoms with Gasteiger partial charge in [-0.25, -0.2) is 4.68 Å². The number of amides is 1. The Labute approximate surface area is 143 Å². The molecule has 2 aliphatic rings. The molecule has 2 fully saturated rings. The average Bonchev–Trinajstić information content (AvgIpc) is 2.98. The predicted octanol–water partition coefficient (Wildman–Crippen LogP) is 3.40. The summed E-state index contributed by atoms with van der Waals surface area (Å²) in [5.74, 6) is 0.889. The Morgan fingerprint density at radius 2 is 2.04 bits per heavy atom. The van der Waals surface area contributed by atoms with E-state index in [-0.39, 0.29) is 5.91 Å². The number of aromatic nitrogens is 3. The van der Waals surface area contributed by atoms with Crippen molar-refractivity contribution in [3.8, 4) is 0 Å². The molecule has 1 saturated carbocycles. The van der Waals surface area contributed by atoms with Gasteiger partial charge in [0.2, 0.25) is 0 Å². The minimum atomic E-state index is 0.162. The fourth-order valence-electron chi connectivity index (χ4n) is 4.70. The Morgan fingerprint density at radius 1 is 1.25 bits per heavy atom. The van der Waals surface area contributed by atoms with Gasteiger partial charge in [-0.2, -0.15) is 0 Å². The lowest BCUT2D eigenvalue weighted by molar-refractivity contribution is 0.00683. The Hall–Kier alpha value is -1.91. The Balaban J connectivity index is 1.59. The van der Waals surface area contributed by atoms with E-state index in [2.05, 4.69) is 22.1 Å². The highest BCUT2D eigenvalue weighted by Crippen LogP contribution is 2.47. The summed E-state index contributed by atoms with van der Waals surface area (Å²) in [6.45, 7) is 4.19. The maximum Gasteiger partial charge on any atom is 0.253 e. The summed E-state index contributed by atoms with van der Waals surface area (Å²) in [6, 6.07) is 5.73. The second kappa shape index (κ2) is 5.87. The summed E-state index contributed by atoms with van der Waals surface area (Å²) in [4.78, 5) is 15.2. The number of likely N-dealkylation sites (tertiary alicyclic amines) is 1. The van der Waals surface area contributed by atoms with Gasteiger partial charge in [-0.05, 0) is 48.8 Å². The number of fused-ring (bicyclic) bond motifs is 1. The van der Waals surface area contributed by atoms with Crippen molar-refractivity contribution in [2.75, 3.05) is 13.1 Å². The van der Waals surface area contributed by atoms with Crippen LogP contribution in [0.4, 0.5) is 0 Å². The first-order valence-electron chi connectivity index (χ1n) is 9.18. The van der Waals surface area contributed by atoms with Crippen molar-refractivity contribution in [2.24, 2.45) is 18.4 Å². The van der Waals surface area contributed by atoms with Crippen LogP contribution in [-0.4, -0.2) is 38.9 Å². The summed E-state index contributed by atoms with van der Waals surface area (Å²) in [6.07, 6.45) is 7.68. The van der Waals surface area contributed by atoms with Crippen molar-refractivity contribution in [2.45, 2.75) is 45.4 Å². The maximum atomic E-state index is 13.1. The first kappa shape index (κ1) is 15.6. The van der Waals surface area contributed by atoms with Crippen LogP contribution in [-0.2, 0) is 7.05 Å². The van der Waals surface area contributed by atoms with Crippen LogP contribution in [0.15, 0.2) is 18.2 Å². The molecule has 2 heterocycles. The van der Waals surface area contributed by atoms with E-state index in [1.165, 1.54) is 32.1 Å². The highest BCUT2D eigenvalue weighted by Gasteiger charge is 2.42. The van der Waals surface area contributed by atoms with Gasteiger partial charge in [0.25, 0.3) is 5.91 Å². The molecule has 0 bridgehead atoms. The number of piperidine rings is 1. The van der Waals surface area contributed by atoms with Gasteiger partial charge >= 0.3 is 0 Å². The number of hydrogen-bond donors (Lipinski definition) is 0. The molecule has 1 aliphatic heterocycles. The van der Waals surface area contributed by atoms with Crippen LogP contribution in [0.25, 0.3) is 11.0 Å². The molecule has 1 aromatic carbocycles. The molecule has 1 aliphatic carbocycles. The predicted molar refractivity (Wildman–Crippen MR) is 93.7 cm³/mol. The first-order valence-corrected chi connectivity index (χ1v) is 9.18. The van der Waals surface area contributed by atoms with Crippen molar-refractivity contribution in [3.63, 3.8) is 0 Å². The minimum Gasteiger partial charge on any atom is -0.338 e. The number of benzene rings is 1. The highest BCUT2D eigenvalue weighted by atomic mass is 16.2. The third-order valence-electron chi connectivity index (χ3n) is 6.38. The van der Waals surface area contributed by atoms with Gasteiger partial charge in [0.15, 0.2) is 0 Å². The van der Waals surface area contributed by atoms with Crippen LogP contribution < -0.4 is 0 Å². The number of carbonyl (C=O) groups is 1. The Bertz CT molecular complexity index is 760. The second-order valence-corrected chi connectivity index (χ2v) is 7.76. The molecule has 1 unspecified atom stereocenters. The molecular weight excluding hydrogens is 300 g/mol. The van der Waals surface area contributed by atoms with Gasteiger partial charge < -0.3 is 4.90 Å². The fraction of sp³-hybridized carbons (Fsp3) is 0.632. The van der Waals surface area contributed by atoms with Crippen LogP contribution in [0.3, 0.4) is 0 Å². The van der Waals surface area contributed by atoms with Crippen molar-refractivity contribution in [1.82, 2.24) is 19.9 Å². The summed E-state index contributed by atoms with van der Waals surface area (Å²) in [5, 5.41) is 8.13. The van der Waals surface area contributed by atoms with E-state index in [9.17, 15) is 4.79 Å². The molecule has 0 N–H and O–H groups in total. The van der Waals surface area contributed by atoms with E-state index >= 15 is 0 Å². The third-order valence-corrected chi connectivity index (χ3v) is 6.38. The van der Waals surface area contributed by atoms with Crippen molar-refractivity contribution in [3.05, 3.63) is 23.8 Å². The fourth-order valence-corrected chi connectivity index (χ4v) is 4.70. The second-order valence-electron chi connectivity index (χ2n) is 7.76. The van der Waals surface area contributed by atoms with Crippen molar-refractivity contribution in [1.29, 1.82) is 0 Å². The van der Waals surface area contributed by atoms with Crippen LogP contribution in [0.5, 0.6) is 0 Å². The molecule has 0 radical (unpaired) electrons. The average molecular weight is 326 g/mol. The number of hydrogen-bond acceptors (Lipinski definition) is 3. The van der Waals surface area contributed by atoms with Crippen LogP contribution >= 0.6 is 0 Å². The van der Waals surface area contributed by atoms with Crippen LogP contribution in [0.1, 0.15) is 55.8 Å². The molecule has 1 atom stereocenters. The van der Waals surface area contributed by atoms with Crippen LogP contribution in [0.2, 0.25) is 0 Å². The quantitative estimate of drug-likeness (QED) is 0.807. The zero-order valence-corrected chi connectivity index (χ0v) is 14.7. The van der Waals surface area contributed by atoms with E-state index in [0.29, 0.717) is 5.41 Å².